The molecule has 1 N–H and O–H groups in total. The molecule has 0 spiro atoms. The van der Waals surface area contributed by atoms with Gasteiger partial charge in [0.15, 0.2) is 5.69 Å². The zero-order valence-corrected chi connectivity index (χ0v) is 10.6. The molecular formula is C13H15N3O2. The number of rotatable bonds is 3. The van der Waals surface area contributed by atoms with Crippen molar-refractivity contribution in [2.24, 2.45) is 0 Å². The molecular weight excluding hydrogens is 230 g/mol. The number of carbonyl (C=O) groups is 1. The number of aryl methyl sites for hydroxylation is 3. The van der Waals surface area contributed by atoms with Gasteiger partial charge in [-0.25, -0.2) is 9.48 Å². The molecule has 2 rings (SSSR count). The lowest BCUT2D eigenvalue weighted by molar-refractivity contribution is 0.0691. The van der Waals surface area contributed by atoms with Gasteiger partial charge < -0.3 is 5.11 Å². The second-order valence-electron chi connectivity index (χ2n) is 4.23. The van der Waals surface area contributed by atoms with E-state index in [-0.39, 0.29) is 5.69 Å². The van der Waals surface area contributed by atoms with Crippen molar-refractivity contribution in [3.8, 4) is 11.3 Å². The van der Waals surface area contributed by atoms with Crippen molar-refractivity contribution in [2.75, 3.05) is 0 Å². The maximum Gasteiger partial charge on any atom is 0.358 e. The Morgan fingerprint density at radius 1 is 1.39 bits per heavy atom. The number of aromatic carboxylic acids is 1. The lowest BCUT2D eigenvalue weighted by Crippen LogP contribution is -2.04. The molecule has 0 fully saturated rings. The molecule has 1 aromatic carbocycles. The van der Waals surface area contributed by atoms with Crippen LogP contribution in [0.25, 0.3) is 11.3 Å². The van der Waals surface area contributed by atoms with E-state index in [9.17, 15) is 4.79 Å². The minimum atomic E-state index is -1.05. The zero-order valence-electron chi connectivity index (χ0n) is 10.6. The molecule has 0 bridgehead atoms. The summed E-state index contributed by atoms with van der Waals surface area (Å²) in [6, 6.07) is 5.90. The summed E-state index contributed by atoms with van der Waals surface area (Å²) >= 11 is 0. The predicted octanol–water partition coefficient (Wildman–Crippen LogP) is 2.28. The van der Waals surface area contributed by atoms with Crippen LogP contribution in [0.15, 0.2) is 18.2 Å². The zero-order chi connectivity index (χ0) is 13.3. The number of carboxylic acids is 1. The lowest BCUT2D eigenvalue weighted by Gasteiger charge is -2.09. The number of benzene rings is 1. The Bertz CT molecular complexity index is 602. The van der Waals surface area contributed by atoms with E-state index in [0.717, 1.165) is 16.7 Å². The Hall–Kier alpha value is -2.17. The van der Waals surface area contributed by atoms with Crippen LogP contribution in [0.4, 0.5) is 0 Å². The number of hydrogen-bond acceptors (Lipinski definition) is 3. The first-order valence-corrected chi connectivity index (χ1v) is 5.79. The minimum Gasteiger partial charge on any atom is -0.476 e. The van der Waals surface area contributed by atoms with Crippen LogP contribution in [-0.4, -0.2) is 26.1 Å². The van der Waals surface area contributed by atoms with Gasteiger partial charge in [-0.2, -0.15) is 0 Å². The number of carboxylic acid groups (broad SMARTS) is 1. The fraction of sp³-hybridized carbons (Fsp3) is 0.308. The van der Waals surface area contributed by atoms with Crippen LogP contribution in [0.1, 0.15) is 28.5 Å². The van der Waals surface area contributed by atoms with Gasteiger partial charge in [-0.3, -0.25) is 0 Å². The van der Waals surface area contributed by atoms with E-state index in [0.29, 0.717) is 12.2 Å². The Morgan fingerprint density at radius 2 is 2.11 bits per heavy atom. The van der Waals surface area contributed by atoms with Crippen molar-refractivity contribution in [2.45, 2.75) is 27.3 Å². The number of hydrogen-bond donors (Lipinski definition) is 1. The molecule has 0 saturated carbocycles. The van der Waals surface area contributed by atoms with Crippen LogP contribution in [0, 0.1) is 13.8 Å². The van der Waals surface area contributed by atoms with E-state index in [1.807, 2.05) is 39.0 Å². The van der Waals surface area contributed by atoms with E-state index in [1.165, 1.54) is 0 Å². The van der Waals surface area contributed by atoms with Gasteiger partial charge in [-0.05, 0) is 26.3 Å². The Balaban J connectivity index is 2.68. The van der Waals surface area contributed by atoms with Crippen LogP contribution in [0.3, 0.4) is 0 Å². The molecule has 2 aromatic rings. The molecule has 0 aliphatic rings. The Labute approximate surface area is 105 Å². The maximum absolute atomic E-state index is 11.2. The normalized spacial score (nSPS) is 10.6. The molecule has 0 radical (unpaired) electrons. The lowest BCUT2D eigenvalue weighted by atomic mass is 10.0. The van der Waals surface area contributed by atoms with Crippen LogP contribution >= 0.6 is 0 Å². The first-order valence-electron chi connectivity index (χ1n) is 5.79. The summed E-state index contributed by atoms with van der Waals surface area (Å²) in [4.78, 5) is 11.2. The largest absolute Gasteiger partial charge is 0.476 e. The topological polar surface area (TPSA) is 68.0 Å². The molecule has 5 heteroatoms. The van der Waals surface area contributed by atoms with Gasteiger partial charge in [0.05, 0.1) is 0 Å². The molecule has 0 unspecified atom stereocenters. The second kappa shape index (κ2) is 4.60. The third-order valence-corrected chi connectivity index (χ3v) is 2.87. The van der Waals surface area contributed by atoms with Gasteiger partial charge in [-0.1, -0.05) is 29.0 Å². The van der Waals surface area contributed by atoms with Gasteiger partial charge in [0.25, 0.3) is 0 Å². The summed E-state index contributed by atoms with van der Waals surface area (Å²) < 4.78 is 1.61. The van der Waals surface area contributed by atoms with Gasteiger partial charge in [0, 0.05) is 12.1 Å². The molecule has 18 heavy (non-hydrogen) atoms. The highest BCUT2D eigenvalue weighted by atomic mass is 16.4. The number of nitrogens with zero attached hydrogens (tertiary/aromatic N) is 3. The summed E-state index contributed by atoms with van der Waals surface area (Å²) in [5, 5.41) is 16.8. The highest BCUT2D eigenvalue weighted by Crippen LogP contribution is 2.26. The highest BCUT2D eigenvalue weighted by molar-refractivity contribution is 5.93. The van der Waals surface area contributed by atoms with E-state index < -0.39 is 5.97 Å². The van der Waals surface area contributed by atoms with E-state index >= 15 is 0 Å². The second-order valence-corrected chi connectivity index (χ2v) is 4.23. The Kier molecular flexibility index (Phi) is 3.14. The van der Waals surface area contributed by atoms with Crippen molar-refractivity contribution < 1.29 is 9.90 Å². The highest BCUT2D eigenvalue weighted by Gasteiger charge is 2.20. The molecule has 5 nitrogen and oxygen atoms in total. The summed E-state index contributed by atoms with van der Waals surface area (Å²) in [6.07, 6.45) is 0. The molecule has 94 valence electrons. The fourth-order valence-electron chi connectivity index (χ4n) is 2.02. The van der Waals surface area contributed by atoms with Crippen molar-refractivity contribution in [3.05, 3.63) is 35.0 Å². The van der Waals surface area contributed by atoms with Crippen molar-refractivity contribution in [1.29, 1.82) is 0 Å². The van der Waals surface area contributed by atoms with Crippen LogP contribution in [0.2, 0.25) is 0 Å². The van der Waals surface area contributed by atoms with E-state index in [2.05, 4.69) is 10.3 Å². The third-order valence-electron chi connectivity index (χ3n) is 2.87. The fourth-order valence-corrected chi connectivity index (χ4v) is 2.02. The minimum absolute atomic E-state index is 0.00352. The van der Waals surface area contributed by atoms with Crippen molar-refractivity contribution in [1.82, 2.24) is 15.0 Å². The third kappa shape index (κ3) is 1.99. The van der Waals surface area contributed by atoms with Gasteiger partial charge in [0.1, 0.15) is 5.69 Å². The molecule has 1 heterocycles. The van der Waals surface area contributed by atoms with E-state index in [1.54, 1.807) is 4.68 Å². The quantitative estimate of drug-likeness (QED) is 0.900. The first-order chi connectivity index (χ1) is 8.54. The van der Waals surface area contributed by atoms with Gasteiger partial charge in [0.2, 0.25) is 0 Å². The van der Waals surface area contributed by atoms with Crippen LogP contribution < -0.4 is 0 Å². The van der Waals surface area contributed by atoms with Crippen LogP contribution in [0.5, 0.6) is 0 Å². The summed E-state index contributed by atoms with van der Waals surface area (Å²) in [5.74, 6) is -1.05. The maximum atomic E-state index is 11.2. The summed E-state index contributed by atoms with van der Waals surface area (Å²) in [7, 11) is 0. The first kappa shape index (κ1) is 12.3. The van der Waals surface area contributed by atoms with Gasteiger partial charge in [-0.15, -0.1) is 5.10 Å². The standard InChI is InChI=1S/C13H15N3O2/c1-4-16-12(11(13(17)18)14-15-16)10-6-5-8(2)7-9(10)3/h5-7H,4H2,1-3H3,(H,17,18). The van der Waals surface area contributed by atoms with E-state index in [4.69, 9.17) is 5.11 Å². The smallest absolute Gasteiger partial charge is 0.358 e. The summed E-state index contributed by atoms with van der Waals surface area (Å²) in [5.41, 5.74) is 3.61. The van der Waals surface area contributed by atoms with Crippen molar-refractivity contribution in [3.63, 3.8) is 0 Å². The average Bonchev–Trinajstić information content (AvgIpc) is 2.72. The monoisotopic (exact) mass is 245 g/mol. The average molecular weight is 245 g/mol. The molecule has 1 aromatic heterocycles. The Morgan fingerprint density at radius 3 is 2.67 bits per heavy atom. The molecule has 0 amide bonds. The molecule has 0 aliphatic carbocycles. The SMILES string of the molecule is CCn1nnc(C(=O)O)c1-c1ccc(C)cc1C. The molecule has 0 saturated heterocycles. The molecule has 0 aliphatic heterocycles. The predicted molar refractivity (Wildman–Crippen MR) is 67.6 cm³/mol. The number of aromatic nitrogens is 3. The summed E-state index contributed by atoms with van der Waals surface area (Å²) in [6.45, 7) is 6.46. The van der Waals surface area contributed by atoms with Crippen molar-refractivity contribution >= 4 is 5.97 Å². The molecule has 0 atom stereocenters. The van der Waals surface area contributed by atoms with Crippen LogP contribution in [-0.2, 0) is 6.54 Å². The van der Waals surface area contributed by atoms with Gasteiger partial charge >= 0.3 is 5.97 Å².